The lowest BCUT2D eigenvalue weighted by molar-refractivity contribution is 1.28. The SMILES string of the molecule is CSC(=Nc1ccc(Cl)c2ncccc12)NC#N. The van der Waals surface area contributed by atoms with Crippen molar-refractivity contribution in [2.45, 2.75) is 0 Å². The van der Waals surface area contributed by atoms with Crippen LogP contribution in [0.25, 0.3) is 10.9 Å². The summed E-state index contributed by atoms with van der Waals surface area (Å²) in [5, 5.41) is 13.1. The first-order valence-electron chi connectivity index (χ1n) is 5.07. The molecule has 0 saturated heterocycles. The molecule has 0 aliphatic heterocycles. The summed E-state index contributed by atoms with van der Waals surface area (Å²) in [5.41, 5.74) is 1.44. The number of halogens is 1. The third-order valence-corrected chi connectivity index (χ3v) is 3.16. The Bertz CT molecular complexity index is 648. The molecule has 0 fully saturated rings. The zero-order chi connectivity index (χ0) is 13.0. The molecule has 4 nitrogen and oxygen atoms in total. The second-order valence-electron chi connectivity index (χ2n) is 3.32. The van der Waals surface area contributed by atoms with Crippen LogP contribution in [0.3, 0.4) is 0 Å². The van der Waals surface area contributed by atoms with Gasteiger partial charge in [0, 0.05) is 11.6 Å². The number of benzene rings is 1. The summed E-state index contributed by atoms with van der Waals surface area (Å²) in [5.74, 6) is 0. The van der Waals surface area contributed by atoms with Crippen LogP contribution >= 0.6 is 23.4 Å². The van der Waals surface area contributed by atoms with E-state index in [0.717, 1.165) is 11.1 Å². The summed E-state index contributed by atoms with van der Waals surface area (Å²) in [7, 11) is 0. The molecule has 1 aromatic heterocycles. The molecule has 0 bridgehead atoms. The molecule has 0 amide bonds. The molecule has 18 heavy (non-hydrogen) atoms. The van der Waals surface area contributed by atoms with E-state index in [0.29, 0.717) is 15.7 Å². The molecule has 0 unspecified atom stereocenters. The van der Waals surface area contributed by atoms with Crippen LogP contribution < -0.4 is 5.32 Å². The first kappa shape index (κ1) is 12.7. The van der Waals surface area contributed by atoms with Crippen LogP contribution in [-0.2, 0) is 0 Å². The van der Waals surface area contributed by atoms with E-state index in [1.54, 1.807) is 12.3 Å². The molecule has 1 heterocycles. The van der Waals surface area contributed by atoms with Crippen molar-refractivity contribution in [3.63, 3.8) is 0 Å². The van der Waals surface area contributed by atoms with Gasteiger partial charge in [-0.3, -0.25) is 10.3 Å². The molecule has 0 radical (unpaired) electrons. The second-order valence-corrected chi connectivity index (χ2v) is 4.53. The summed E-state index contributed by atoms with van der Waals surface area (Å²) < 4.78 is 0. The molecule has 2 aromatic rings. The fraction of sp³-hybridized carbons (Fsp3) is 0.0833. The van der Waals surface area contributed by atoms with Crippen molar-refractivity contribution in [1.82, 2.24) is 10.3 Å². The minimum absolute atomic E-state index is 0.532. The van der Waals surface area contributed by atoms with E-state index in [4.69, 9.17) is 16.9 Å². The summed E-state index contributed by atoms with van der Waals surface area (Å²) in [6.45, 7) is 0. The molecule has 0 aliphatic carbocycles. The number of thioether (sulfide) groups is 1. The summed E-state index contributed by atoms with van der Waals surface area (Å²) >= 11 is 7.44. The fourth-order valence-corrected chi connectivity index (χ4v) is 2.05. The number of fused-ring (bicyclic) bond motifs is 1. The van der Waals surface area contributed by atoms with Crippen molar-refractivity contribution < 1.29 is 0 Å². The van der Waals surface area contributed by atoms with Gasteiger partial charge in [-0.15, -0.1) is 0 Å². The van der Waals surface area contributed by atoms with Crippen LogP contribution in [0, 0.1) is 11.5 Å². The number of pyridine rings is 1. The Morgan fingerprint density at radius 1 is 1.50 bits per heavy atom. The van der Waals surface area contributed by atoms with Crippen LogP contribution in [-0.4, -0.2) is 16.4 Å². The summed E-state index contributed by atoms with van der Waals surface area (Å²) in [6, 6.07) is 7.28. The van der Waals surface area contributed by atoms with Gasteiger partial charge < -0.3 is 0 Å². The molecular weight excluding hydrogens is 268 g/mol. The molecule has 0 aliphatic rings. The molecule has 90 valence electrons. The Balaban J connectivity index is 2.59. The van der Waals surface area contributed by atoms with Crippen LogP contribution in [0.5, 0.6) is 0 Å². The predicted octanol–water partition coefficient (Wildman–Crippen LogP) is 3.31. The Morgan fingerprint density at radius 3 is 3.06 bits per heavy atom. The highest BCUT2D eigenvalue weighted by Crippen LogP contribution is 2.30. The van der Waals surface area contributed by atoms with Crippen molar-refractivity contribution in [2.24, 2.45) is 4.99 Å². The summed E-state index contributed by atoms with van der Waals surface area (Å²) in [6.07, 6.45) is 5.39. The van der Waals surface area contributed by atoms with Gasteiger partial charge in [0.25, 0.3) is 0 Å². The van der Waals surface area contributed by atoms with E-state index in [2.05, 4.69) is 15.3 Å². The Hall–Kier alpha value is -1.77. The third kappa shape index (κ3) is 2.55. The first-order valence-corrected chi connectivity index (χ1v) is 6.67. The van der Waals surface area contributed by atoms with Crippen LogP contribution in [0.4, 0.5) is 5.69 Å². The summed E-state index contributed by atoms with van der Waals surface area (Å²) in [4.78, 5) is 8.61. The molecule has 0 saturated carbocycles. The zero-order valence-corrected chi connectivity index (χ0v) is 11.1. The van der Waals surface area contributed by atoms with Gasteiger partial charge in [0.05, 0.1) is 16.2 Å². The lowest BCUT2D eigenvalue weighted by Crippen LogP contribution is -2.12. The third-order valence-electron chi connectivity index (χ3n) is 2.28. The second kappa shape index (κ2) is 5.71. The minimum Gasteiger partial charge on any atom is -0.271 e. The molecular formula is C12H9ClN4S. The number of amidine groups is 1. The topological polar surface area (TPSA) is 61.1 Å². The van der Waals surface area contributed by atoms with Gasteiger partial charge in [0.1, 0.15) is 0 Å². The minimum atomic E-state index is 0.532. The largest absolute Gasteiger partial charge is 0.271 e. The number of rotatable bonds is 1. The highest BCUT2D eigenvalue weighted by Gasteiger charge is 2.05. The molecule has 6 heteroatoms. The standard InChI is InChI=1S/C12H9ClN4S/c1-18-12(16-7-14)17-10-5-4-9(13)11-8(10)3-2-6-15-11/h2-6H,1H3,(H,16,17). The van der Waals surface area contributed by atoms with E-state index < -0.39 is 0 Å². The van der Waals surface area contributed by atoms with Crippen molar-refractivity contribution in [1.29, 1.82) is 5.26 Å². The van der Waals surface area contributed by atoms with Crippen molar-refractivity contribution in [3.8, 4) is 6.19 Å². The highest BCUT2D eigenvalue weighted by molar-refractivity contribution is 8.13. The zero-order valence-electron chi connectivity index (χ0n) is 9.51. The molecule has 1 N–H and O–H groups in total. The number of aliphatic imine (C=N–C) groups is 1. The van der Waals surface area contributed by atoms with Gasteiger partial charge in [-0.1, -0.05) is 23.4 Å². The maximum atomic E-state index is 8.61. The lowest BCUT2D eigenvalue weighted by atomic mass is 10.2. The fourth-order valence-electron chi connectivity index (χ4n) is 1.50. The van der Waals surface area contributed by atoms with Crippen molar-refractivity contribution in [2.75, 3.05) is 6.26 Å². The van der Waals surface area contributed by atoms with E-state index >= 15 is 0 Å². The quantitative estimate of drug-likeness (QED) is 0.376. The van der Waals surface area contributed by atoms with Gasteiger partial charge >= 0.3 is 0 Å². The number of nitriles is 1. The number of nitrogens with one attached hydrogen (secondary N) is 1. The van der Waals surface area contributed by atoms with E-state index in [1.165, 1.54) is 11.8 Å². The van der Waals surface area contributed by atoms with Crippen LogP contribution in [0.2, 0.25) is 5.02 Å². The van der Waals surface area contributed by atoms with E-state index in [9.17, 15) is 0 Å². The monoisotopic (exact) mass is 276 g/mol. The van der Waals surface area contributed by atoms with Gasteiger partial charge in [0.15, 0.2) is 11.4 Å². The van der Waals surface area contributed by atoms with Crippen LogP contribution in [0.15, 0.2) is 35.5 Å². The normalized spacial score (nSPS) is 11.3. The Kier molecular flexibility index (Phi) is 4.03. The number of nitrogens with zero attached hydrogens (tertiary/aromatic N) is 3. The van der Waals surface area contributed by atoms with Crippen LogP contribution in [0.1, 0.15) is 0 Å². The molecule has 0 atom stereocenters. The van der Waals surface area contributed by atoms with E-state index in [-0.39, 0.29) is 0 Å². The van der Waals surface area contributed by atoms with Gasteiger partial charge in [-0.25, -0.2) is 4.99 Å². The lowest BCUT2D eigenvalue weighted by Gasteiger charge is -2.04. The van der Waals surface area contributed by atoms with Gasteiger partial charge in [0.2, 0.25) is 0 Å². The van der Waals surface area contributed by atoms with Gasteiger partial charge in [-0.2, -0.15) is 5.26 Å². The Morgan fingerprint density at radius 2 is 2.33 bits per heavy atom. The Labute approximate surface area is 114 Å². The van der Waals surface area contributed by atoms with E-state index in [1.807, 2.05) is 30.6 Å². The van der Waals surface area contributed by atoms with Crippen molar-refractivity contribution in [3.05, 3.63) is 35.5 Å². The maximum absolute atomic E-state index is 8.61. The number of hydrogen-bond donors (Lipinski definition) is 1. The van der Waals surface area contributed by atoms with Gasteiger partial charge in [-0.05, 0) is 30.5 Å². The number of aromatic nitrogens is 1. The molecule has 1 aromatic carbocycles. The molecule has 0 spiro atoms. The van der Waals surface area contributed by atoms with Crippen molar-refractivity contribution >= 4 is 45.1 Å². The predicted molar refractivity (Wildman–Crippen MR) is 76.1 cm³/mol. The maximum Gasteiger partial charge on any atom is 0.183 e. The average molecular weight is 277 g/mol. The number of hydrogen-bond acceptors (Lipinski definition) is 4. The average Bonchev–Trinajstić information content (AvgIpc) is 2.41. The first-order chi connectivity index (χ1) is 8.76. The molecule has 2 rings (SSSR count). The highest BCUT2D eigenvalue weighted by atomic mass is 35.5. The smallest absolute Gasteiger partial charge is 0.183 e.